The number of carboxylic acid groups (broad SMARTS) is 1. The highest BCUT2D eigenvalue weighted by Crippen LogP contribution is 2.37. The molecule has 5 nitrogen and oxygen atoms in total. The van der Waals surface area contributed by atoms with Crippen molar-refractivity contribution < 1.29 is 23.8 Å². The maximum Gasteiger partial charge on any atom is 0.323 e. The van der Waals surface area contributed by atoms with Gasteiger partial charge in [0.05, 0.1) is 0 Å². The van der Waals surface area contributed by atoms with Gasteiger partial charge < -0.3 is 14.7 Å². The minimum atomic E-state index is -1.13. The second-order valence-electron chi connectivity index (χ2n) is 9.08. The van der Waals surface area contributed by atoms with Crippen molar-refractivity contribution in [1.82, 2.24) is 4.90 Å². The molecule has 0 saturated heterocycles. The van der Waals surface area contributed by atoms with Gasteiger partial charge in [0.25, 0.3) is 5.91 Å². The highest BCUT2D eigenvalue weighted by molar-refractivity contribution is 5.96. The summed E-state index contributed by atoms with van der Waals surface area (Å²) in [6, 6.07) is 19.5. The largest absolute Gasteiger partial charge is 0.487 e. The molecule has 0 aliphatic carbocycles. The Labute approximate surface area is 198 Å². The van der Waals surface area contributed by atoms with E-state index in [1.807, 2.05) is 0 Å². The Bertz CT molecular complexity index is 1210. The molecule has 0 fully saturated rings. The Hall–Kier alpha value is -3.67. The van der Waals surface area contributed by atoms with Crippen LogP contribution in [0.1, 0.15) is 46.5 Å². The average Bonchev–Trinajstić information content (AvgIpc) is 3.13. The first-order valence-electron chi connectivity index (χ1n) is 11.4. The zero-order valence-electron chi connectivity index (χ0n) is 19.4. The number of amides is 1. The summed E-state index contributed by atoms with van der Waals surface area (Å²) in [5, 5.41) is 9.32. The fourth-order valence-corrected chi connectivity index (χ4v) is 4.48. The van der Waals surface area contributed by atoms with E-state index >= 15 is 0 Å². The van der Waals surface area contributed by atoms with E-state index in [0.29, 0.717) is 17.5 Å². The molecular weight excluding hydrogens is 433 g/mol. The van der Waals surface area contributed by atoms with Crippen LogP contribution in [0.4, 0.5) is 4.39 Å². The normalized spacial score (nSPS) is 16.6. The lowest BCUT2D eigenvalue weighted by molar-refractivity contribution is -0.137. The van der Waals surface area contributed by atoms with Crippen LogP contribution in [-0.2, 0) is 30.6 Å². The topological polar surface area (TPSA) is 66.8 Å². The molecule has 6 heteroatoms. The van der Waals surface area contributed by atoms with Crippen LogP contribution in [0, 0.1) is 5.82 Å². The van der Waals surface area contributed by atoms with Gasteiger partial charge in [0.15, 0.2) is 0 Å². The molecule has 176 valence electrons. The number of fused-ring (bicyclic) bond motifs is 1. The third-order valence-corrected chi connectivity index (χ3v) is 6.11. The molecule has 0 radical (unpaired) electrons. The molecule has 1 aliphatic rings. The van der Waals surface area contributed by atoms with E-state index in [0.717, 1.165) is 24.2 Å². The van der Waals surface area contributed by atoms with Crippen LogP contribution in [0.5, 0.6) is 5.75 Å². The number of rotatable bonds is 8. The molecule has 3 aromatic rings. The molecular formula is C28H28FNO4. The first-order chi connectivity index (χ1) is 16.2. The van der Waals surface area contributed by atoms with Gasteiger partial charge in [-0.3, -0.25) is 9.59 Å². The van der Waals surface area contributed by atoms with E-state index in [1.165, 1.54) is 34.2 Å². The van der Waals surface area contributed by atoms with Gasteiger partial charge in [-0.25, -0.2) is 4.39 Å². The third-order valence-electron chi connectivity index (χ3n) is 6.11. The number of hydrogen-bond donors (Lipinski definition) is 1. The van der Waals surface area contributed by atoms with E-state index in [2.05, 4.69) is 38.1 Å². The summed E-state index contributed by atoms with van der Waals surface area (Å²) >= 11 is 0. The number of halogens is 1. The van der Waals surface area contributed by atoms with Gasteiger partial charge in [0, 0.05) is 24.9 Å². The van der Waals surface area contributed by atoms with Crippen LogP contribution in [-0.4, -0.2) is 34.0 Å². The van der Waals surface area contributed by atoms with Crippen molar-refractivity contribution in [3.05, 3.63) is 100 Å². The highest BCUT2D eigenvalue weighted by atomic mass is 19.1. The Morgan fingerprint density at radius 1 is 1.03 bits per heavy atom. The number of aryl methyl sites for hydroxylation is 1. The summed E-state index contributed by atoms with van der Waals surface area (Å²) < 4.78 is 19.9. The van der Waals surface area contributed by atoms with Crippen LogP contribution < -0.4 is 4.74 Å². The quantitative estimate of drug-likeness (QED) is 0.510. The molecule has 0 spiro atoms. The first-order valence-corrected chi connectivity index (χ1v) is 11.4. The summed E-state index contributed by atoms with van der Waals surface area (Å²) in [5.74, 6) is -1.24. The van der Waals surface area contributed by atoms with E-state index in [9.17, 15) is 19.1 Å². The molecule has 1 unspecified atom stereocenters. The third kappa shape index (κ3) is 5.45. The Morgan fingerprint density at radius 3 is 2.44 bits per heavy atom. The van der Waals surface area contributed by atoms with Crippen molar-refractivity contribution in [2.75, 3.05) is 6.54 Å². The molecule has 0 bridgehead atoms. The Kier molecular flexibility index (Phi) is 6.68. The molecule has 0 saturated carbocycles. The first kappa shape index (κ1) is 23.5. The number of hydrogen-bond acceptors (Lipinski definition) is 3. The Balaban J connectivity index is 1.51. The SMILES string of the molecule is CCc1ccc(CC2(C)Cc3cc(C(=O)N(CC(=O)O)Cc4cccc(F)c4)ccc3O2)cc1. The number of carbonyl (C=O) groups excluding carboxylic acids is 1. The second kappa shape index (κ2) is 9.67. The number of nitrogens with zero attached hydrogens (tertiary/aromatic N) is 1. The van der Waals surface area contributed by atoms with Crippen molar-refractivity contribution in [2.45, 2.75) is 45.3 Å². The summed E-state index contributed by atoms with van der Waals surface area (Å²) in [5.41, 5.74) is 3.88. The smallest absolute Gasteiger partial charge is 0.323 e. The lowest BCUT2D eigenvalue weighted by atomic mass is 9.91. The van der Waals surface area contributed by atoms with Crippen molar-refractivity contribution in [1.29, 1.82) is 0 Å². The van der Waals surface area contributed by atoms with Crippen LogP contribution in [0.3, 0.4) is 0 Å². The van der Waals surface area contributed by atoms with Crippen LogP contribution >= 0.6 is 0 Å². The molecule has 1 aliphatic heterocycles. The van der Waals surface area contributed by atoms with Gasteiger partial charge in [-0.1, -0.05) is 43.3 Å². The second-order valence-corrected chi connectivity index (χ2v) is 9.08. The number of carbonyl (C=O) groups is 2. The van der Waals surface area contributed by atoms with Crippen LogP contribution in [0.25, 0.3) is 0 Å². The monoisotopic (exact) mass is 461 g/mol. The fraction of sp³-hybridized carbons (Fsp3) is 0.286. The van der Waals surface area contributed by atoms with Crippen molar-refractivity contribution >= 4 is 11.9 Å². The van der Waals surface area contributed by atoms with Crippen molar-refractivity contribution in [3.63, 3.8) is 0 Å². The lowest BCUT2D eigenvalue weighted by Gasteiger charge is -2.24. The van der Waals surface area contributed by atoms with Crippen molar-refractivity contribution in [2.24, 2.45) is 0 Å². The van der Waals surface area contributed by atoms with E-state index in [1.54, 1.807) is 24.3 Å². The van der Waals surface area contributed by atoms with Crippen molar-refractivity contribution in [3.8, 4) is 5.75 Å². The average molecular weight is 462 g/mol. The summed E-state index contributed by atoms with van der Waals surface area (Å²) in [6.07, 6.45) is 2.37. The maximum absolute atomic E-state index is 13.6. The van der Waals surface area contributed by atoms with Gasteiger partial charge in [-0.15, -0.1) is 0 Å². The molecule has 3 aromatic carbocycles. The molecule has 1 amide bonds. The minimum Gasteiger partial charge on any atom is -0.487 e. The molecule has 0 aromatic heterocycles. The minimum absolute atomic E-state index is 0.00193. The molecule has 4 rings (SSSR count). The van der Waals surface area contributed by atoms with Crippen LogP contribution in [0.15, 0.2) is 66.7 Å². The van der Waals surface area contributed by atoms with E-state index in [4.69, 9.17) is 4.74 Å². The predicted octanol–water partition coefficient (Wildman–Crippen LogP) is 5.05. The van der Waals surface area contributed by atoms with Crippen LogP contribution in [0.2, 0.25) is 0 Å². The zero-order valence-corrected chi connectivity index (χ0v) is 19.4. The van der Waals surface area contributed by atoms with Gasteiger partial charge >= 0.3 is 5.97 Å². The van der Waals surface area contributed by atoms with E-state index < -0.39 is 29.8 Å². The maximum atomic E-state index is 13.6. The zero-order chi connectivity index (χ0) is 24.3. The number of ether oxygens (including phenoxy) is 1. The molecule has 34 heavy (non-hydrogen) atoms. The number of carboxylic acids is 1. The standard InChI is InChI=1S/C28H28FNO4/c1-3-19-7-9-20(10-8-19)15-28(2)16-23-14-22(11-12-25(23)34-28)27(33)30(18-26(31)32)17-21-5-4-6-24(29)13-21/h4-14H,3,15-18H2,1-2H3,(H,31,32). The lowest BCUT2D eigenvalue weighted by Crippen LogP contribution is -2.35. The Morgan fingerprint density at radius 2 is 1.76 bits per heavy atom. The number of aliphatic carboxylic acids is 1. The summed E-state index contributed by atoms with van der Waals surface area (Å²) in [4.78, 5) is 25.8. The van der Waals surface area contributed by atoms with Gasteiger partial charge in [-0.2, -0.15) is 0 Å². The summed E-state index contributed by atoms with van der Waals surface area (Å²) in [7, 11) is 0. The summed E-state index contributed by atoms with van der Waals surface area (Å²) in [6.45, 7) is 3.71. The fourth-order valence-electron chi connectivity index (χ4n) is 4.48. The molecule has 1 atom stereocenters. The van der Waals surface area contributed by atoms with E-state index in [-0.39, 0.29) is 6.54 Å². The van der Waals surface area contributed by atoms with Gasteiger partial charge in [0.1, 0.15) is 23.7 Å². The highest BCUT2D eigenvalue weighted by Gasteiger charge is 2.35. The molecule has 1 heterocycles. The van der Waals surface area contributed by atoms with Gasteiger partial charge in [-0.05, 0) is 65.9 Å². The van der Waals surface area contributed by atoms with Gasteiger partial charge in [0.2, 0.25) is 0 Å². The molecule has 1 N–H and O–H groups in total. The number of benzene rings is 3. The predicted molar refractivity (Wildman–Crippen MR) is 127 cm³/mol.